The maximum atomic E-state index is 12.7. The number of thioether (sulfide) groups is 1. The molecular weight excluding hydrogens is 404 g/mol. The van der Waals surface area contributed by atoms with E-state index < -0.39 is 0 Å². The summed E-state index contributed by atoms with van der Waals surface area (Å²) in [5, 5.41) is 4.96. The molecule has 1 aliphatic rings. The first-order valence-corrected chi connectivity index (χ1v) is 10.9. The van der Waals surface area contributed by atoms with Gasteiger partial charge in [-0.05, 0) is 12.1 Å². The summed E-state index contributed by atoms with van der Waals surface area (Å²) in [6.45, 7) is 0. The third-order valence-electron chi connectivity index (χ3n) is 4.16. The minimum Gasteiger partial charge on any atom is -0.297 e. The quantitative estimate of drug-likeness (QED) is 0.405. The number of hydrogen-bond acceptors (Lipinski definition) is 5. The van der Waals surface area contributed by atoms with E-state index >= 15 is 0 Å². The molecule has 128 valence electrons. The van der Waals surface area contributed by atoms with Crippen LogP contribution >= 0.6 is 46.0 Å². The van der Waals surface area contributed by atoms with Gasteiger partial charge < -0.3 is 0 Å². The van der Waals surface area contributed by atoms with Crippen molar-refractivity contribution in [2.45, 2.75) is 10.6 Å². The van der Waals surface area contributed by atoms with E-state index in [2.05, 4.69) is 22.4 Å². The van der Waals surface area contributed by atoms with Crippen molar-refractivity contribution in [2.75, 3.05) is 5.32 Å². The van der Waals surface area contributed by atoms with Crippen LogP contribution in [0.2, 0.25) is 5.02 Å². The molecule has 3 nitrogen and oxygen atoms in total. The molecule has 0 fully saturated rings. The van der Waals surface area contributed by atoms with Crippen molar-refractivity contribution in [1.82, 2.24) is 4.98 Å². The van der Waals surface area contributed by atoms with E-state index in [1.165, 1.54) is 32.4 Å². The van der Waals surface area contributed by atoms with Crippen LogP contribution in [0.5, 0.6) is 0 Å². The summed E-state index contributed by atoms with van der Waals surface area (Å²) in [4.78, 5) is 20.4. The molecular formula is C19H11ClN2OS3. The fourth-order valence-corrected chi connectivity index (χ4v) is 6.47. The number of nitrogens with one attached hydrogen (secondary N) is 1. The van der Waals surface area contributed by atoms with Crippen molar-refractivity contribution >= 4 is 67.2 Å². The molecule has 4 aromatic rings. The first kappa shape index (κ1) is 16.3. The number of rotatable bonds is 2. The van der Waals surface area contributed by atoms with Crippen molar-refractivity contribution in [3.05, 3.63) is 63.3 Å². The maximum Gasteiger partial charge on any atom is 0.269 e. The van der Waals surface area contributed by atoms with Gasteiger partial charge in [-0.15, -0.1) is 34.4 Å². The number of anilines is 1. The Morgan fingerprint density at radius 2 is 1.88 bits per heavy atom. The highest BCUT2D eigenvalue weighted by atomic mass is 35.5. The summed E-state index contributed by atoms with van der Waals surface area (Å²) < 4.78 is 1.01. The molecule has 0 bridgehead atoms. The third kappa shape index (κ3) is 2.65. The van der Waals surface area contributed by atoms with E-state index in [-0.39, 0.29) is 5.91 Å². The lowest BCUT2D eigenvalue weighted by Crippen LogP contribution is -2.10. The van der Waals surface area contributed by atoms with Crippen molar-refractivity contribution in [1.29, 1.82) is 0 Å². The van der Waals surface area contributed by atoms with Gasteiger partial charge in [-0.2, -0.15) is 0 Å². The molecule has 0 unspecified atom stereocenters. The first-order chi connectivity index (χ1) is 12.7. The average Bonchev–Trinajstić information content (AvgIpc) is 3.23. The Labute approximate surface area is 167 Å². The number of aromatic nitrogens is 1. The Balaban J connectivity index is 1.48. The predicted molar refractivity (Wildman–Crippen MR) is 112 cm³/mol. The summed E-state index contributed by atoms with van der Waals surface area (Å²) in [5.74, 6) is 0.673. The van der Waals surface area contributed by atoms with Gasteiger partial charge in [-0.1, -0.05) is 48.0 Å². The molecule has 26 heavy (non-hydrogen) atoms. The Hall–Kier alpha value is -1.86. The second-order valence-electron chi connectivity index (χ2n) is 5.77. The topological polar surface area (TPSA) is 42.0 Å². The van der Waals surface area contributed by atoms with Gasteiger partial charge >= 0.3 is 0 Å². The van der Waals surface area contributed by atoms with E-state index in [4.69, 9.17) is 11.6 Å². The Bertz CT molecular complexity index is 1160. The minimum atomic E-state index is -0.205. The summed E-state index contributed by atoms with van der Waals surface area (Å²) >= 11 is 11.2. The first-order valence-electron chi connectivity index (χ1n) is 7.91. The number of carbonyl (C=O) groups is 1. The number of halogens is 1. The highest BCUT2D eigenvalue weighted by Gasteiger charge is 2.23. The highest BCUT2D eigenvalue weighted by Crippen LogP contribution is 2.44. The van der Waals surface area contributed by atoms with Gasteiger partial charge in [-0.3, -0.25) is 10.1 Å². The molecule has 0 aliphatic carbocycles. The Morgan fingerprint density at radius 3 is 2.77 bits per heavy atom. The second-order valence-corrected chi connectivity index (χ2v) is 9.30. The number of thiophene rings is 1. The van der Waals surface area contributed by atoms with E-state index in [0.29, 0.717) is 15.0 Å². The van der Waals surface area contributed by atoms with E-state index in [1.54, 1.807) is 11.8 Å². The SMILES string of the molecule is O=C(Nc1nc2c(s1)CSc1ccccc1-2)c1sc2ccccc2c1Cl. The van der Waals surface area contributed by atoms with Gasteiger partial charge in [0.25, 0.3) is 5.91 Å². The van der Waals surface area contributed by atoms with Gasteiger partial charge in [-0.25, -0.2) is 4.98 Å². The van der Waals surface area contributed by atoms with E-state index in [9.17, 15) is 4.79 Å². The molecule has 2 aromatic carbocycles. The number of fused-ring (bicyclic) bond motifs is 4. The fraction of sp³-hybridized carbons (Fsp3) is 0.0526. The number of hydrogen-bond donors (Lipinski definition) is 1. The van der Waals surface area contributed by atoms with Gasteiger partial charge in [0.05, 0.1) is 10.7 Å². The molecule has 2 aromatic heterocycles. The molecule has 5 rings (SSSR count). The van der Waals surface area contributed by atoms with Crippen molar-refractivity contribution in [3.63, 3.8) is 0 Å². The zero-order valence-electron chi connectivity index (χ0n) is 13.3. The van der Waals surface area contributed by atoms with Gasteiger partial charge in [0.2, 0.25) is 0 Å². The Morgan fingerprint density at radius 1 is 1.08 bits per heavy atom. The smallest absolute Gasteiger partial charge is 0.269 e. The average molecular weight is 415 g/mol. The number of benzene rings is 2. The molecule has 1 aliphatic heterocycles. The lowest BCUT2D eigenvalue weighted by atomic mass is 10.1. The number of carbonyl (C=O) groups excluding carboxylic acids is 1. The number of thiazole rings is 1. The zero-order valence-corrected chi connectivity index (χ0v) is 16.5. The largest absolute Gasteiger partial charge is 0.297 e. The third-order valence-corrected chi connectivity index (χ3v) is 8.09. The maximum absolute atomic E-state index is 12.7. The molecule has 1 N–H and O–H groups in total. The van der Waals surface area contributed by atoms with Gasteiger partial charge in [0, 0.05) is 31.2 Å². The lowest BCUT2D eigenvalue weighted by Gasteiger charge is -2.13. The van der Waals surface area contributed by atoms with Crippen LogP contribution in [-0.2, 0) is 5.75 Å². The molecule has 0 spiro atoms. The summed E-state index contributed by atoms with van der Waals surface area (Å²) in [6, 6.07) is 16.0. The molecule has 7 heteroatoms. The summed E-state index contributed by atoms with van der Waals surface area (Å²) in [7, 11) is 0. The van der Waals surface area contributed by atoms with E-state index in [0.717, 1.165) is 27.1 Å². The van der Waals surface area contributed by atoms with Crippen LogP contribution in [0.25, 0.3) is 21.3 Å². The van der Waals surface area contributed by atoms with Crippen LogP contribution in [0.3, 0.4) is 0 Å². The van der Waals surface area contributed by atoms with Crippen molar-refractivity contribution < 1.29 is 4.79 Å². The van der Waals surface area contributed by atoms with Crippen LogP contribution in [0.15, 0.2) is 53.4 Å². The minimum absolute atomic E-state index is 0.205. The van der Waals surface area contributed by atoms with Crippen LogP contribution < -0.4 is 5.32 Å². The summed E-state index contributed by atoms with van der Waals surface area (Å²) in [6.07, 6.45) is 0. The predicted octanol–water partition coefficient (Wildman–Crippen LogP) is 6.54. The van der Waals surface area contributed by atoms with Crippen molar-refractivity contribution in [2.24, 2.45) is 0 Å². The Kier molecular flexibility index (Phi) is 4.01. The lowest BCUT2D eigenvalue weighted by molar-refractivity contribution is 0.103. The zero-order chi connectivity index (χ0) is 17.7. The van der Waals surface area contributed by atoms with Crippen LogP contribution in [0.1, 0.15) is 14.5 Å². The van der Waals surface area contributed by atoms with Crippen LogP contribution in [0, 0.1) is 0 Å². The molecule has 0 saturated carbocycles. The van der Waals surface area contributed by atoms with Gasteiger partial charge in [0.15, 0.2) is 5.13 Å². The molecule has 3 heterocycles. The van der Waals surface area contributed by atoms with E-state index in [1.807, 2.05) is 36.4 Å². The van der Waals surface area contributed by atoms with Crippen LogP contribution in [-0.4, -0.2) is 10.9 Å². The molecule has 0 atom stereocenters. The molecule has 0 radical (unpaired) electrons. The van der Waals surface area contributed by atoms with Crippen LogP contribution in [0.4, 0.5) is 5.13 Å². The van der Waals surface area contributed by atoms with Crippen molar-refractivity contribution in [3.8, 4) is 11.3 Å². The normalized spacial score (nSPS) is 12.7. The molecule has 1 amide bonds. The monoisotopic (exact) mass is 414 g/mol. The number of nitrogens with zero attached hydrogens (tertiary/aromatic N) is 1. The number of amides is 1. The van der Waals surface area contributed by atoms with Gasteiger partial charge in [0.1, 0.15) is 4.88 Å². The standard InChI is InChI=1S/C19H11ClN2OS3/c20-15-10-5-1-4-8-13(10)25-17(15)18(23)22-19-21-16-11-6-2-3-7-12(11)24-9-14(16)26-19/h1-8H,9H2,(H,21,22,23). The fourth-order valence-electron chi connectivity index (χ4n) is 2.96. The highest BCUT2D eigenvalue weighted by molar-refractivity contribution is 7.98. The second kappa shape index (κ2) is 6.39. The molecule has 0 saturated heterocycles. The summed E-state index contributed by atoms with van der Waals surface area (Å²) in [5.41, 5.74) is 2.11.